The zero-order valence-electron chi connectivity index (χ0n) is 19.5. The molecule has 6 nitrogen and oxygen atoms in total. The van der Waals surface area contributed by atoms with Gasteiger partial charge in [-0.15, -0.1) is 0 Å². The Morgan fingerprint density at radius 1 is 1.00 bits per heavy atom. The number of hydrogen-bond acceptors (Lipinski definition) is 4. The van der Waals surface area contributed by atoms with Gasteiger partial charge in [0.15, 0.2) is 11.5 Å². The minimum absolute atomic E-state index is 0.384. The maximum atomic E-state index is 11.9. The molecule has 0 radical (unpaired) electrons. The molecule has 0 saturated carbocycles. The molecule has 0 amide bonds. The Morgan fingerprint density at radius 2 is 1.79 bits per heavy atom. The van der Waals surface area contributed by atoms with E-state index in [4.69, 9.17) is 9.47 Å². The van der Waals surface area contributed by atoms with Crippen molar-refractivity contribution in [1.82, 2.24) is 10.3 Å². The monoisotopic (exact) mass is 458 g/mol. The number of carbonyl (C=O) groups is 1. The van der Waals surface area contributed by atoms with Crippen LogP contribution in [-0.2, 0) is 24.4 Å². The number of fused-ring (bicyclic) bond motifs is 1. The first kappa shape index (κ1) is 23.4. The van der Waals surface area contributed by atoms with Crippen LogP contribution in [-0.4, -0.2) is 28.7 Å². The number of aryl methyl sites for hydroxylation is 1. The van der Waals surface area contributed by atoms with Crippen molar-refractivity contribution in [2.75, 3.05) is 6.61 Å². The molecule has 34 heavy (non-hydrogen) atoms. The van der Waals surface area contributed by atoms with Gasteiger partial charge in [0.2, 0.25) is 0 Å². The molecule has 1 heterocycles. The molecule has 0 saturated heterocycles. The number of carboxylic acid groups (broad SMARTS) is 1. The largest absolute Gasteiger partial charge is 0.490 e. The van der Waals surface area contributed by atoms with Crippen LogP contribution in [0.4, 0.5) is 0 Å². The second-order valence-electron chi connectivity index (χ2n) is 8.26. The van der Waals surface area contributed by atoms with Crippen LogP contribution in [0.1, 0.15) is 29.2 Å². The number of benzene rings is 3. The Balaban J connectivity index is 1.44. The van der Waals surface area contributed by atoms with Crippen molar-refractivity contribution in [3.63, 3.8) is 0 Å². The van der Waals surface area contributed by atoms with Crippen molar-refractivity contribution in [3.8, 4) is 11.5 Å². The van der Waals surface area contributed by atoms with Crippen molar-refractivity contribution in [2.45, 2.75) is 39.5 Å². The molecular weight excluding hydrogens is 428 g/mol. The van der Waals surface area contributed by atoms with E-state index in [1.165, 1.54) is 5.56 Å². The fourth-order valence-electron chi connectivity index (χ4n) is 3.99. The number of aliphatic carboxylic acids is 1. The number of hydrogen-bond donors (Lipinski definition) is 3. The van der Waals surface area contributed by atoms with Crippen molar-refractivity contribution >= 4 is 16.9 Å². The van der Waals surface area contributed by atoms with Gasteiger partial charge in [-0.3, -0.25) is 4.79 Å². The number of para-hydroxylation sites is 1. The SMILES string of the molecule is CCOc1cc(CN[C@H](Cc2c[nH]c3ccccc23)C(=O)O)ccc1OCc1ccccc1C. The molecule has 4 aromatic rings. The Hall–Kier alpha value is -3.77. The van der Waals surface area contributed by atoms with Gasteiger partial charge in [0, 0.05) is 30.1 Å². The zero-order valence-corrected chi connectivity index (χ0v) is 19.5. The molecule has 1 aromatic heterocycles. The number of ether oxygens (including phenoxy) is 2. The van der Waals surface area contributed by atoms with E-state index in [2.05, 4.69) is 23.3 Å². The number of H-pyrrole nitrogens is 1. The van der Waals surface area contributed by atoms with Crippen molar-refractivity contribution in [1.29, 1.82) is 0 Å². The second kappa shape index (κ2) is 10.9. The number of rotatable bonds is 11. The lowest BCUT2D eigenvalue weighted by molar-refractivity contribution is -0.139. The van der Waals surface area contributed by atoms with Crippen LogP contribution in [0.15, 0.2) is 72.9 Å². The van der Waals surface area contributed by atoms with Crippen molar-refractivity contribution in [2.24, 2.45) is 0 Å². The number of aromatic amines is 1. The van der Waals surface area contributed by atoms with E-state index in [1.807, 2.05) is 73.8 Å². The summed E-state index contributed by atoms with van der Waals surface area (Å²) in [6, 6.07) is 21.0. The smallest absolute Gasteiger partial charge is 0.321 e. The highest BCUT2D eigenvalue weighted by atomic mass is 16.5. The highest BCUT2D eigenvalue weighted by Gasteiger charge is 2.19. The van der Waals surface area contributed by atoms with Gasteiger partial charge < -0.3 is 24.9 Å². The van der Waals surface area contributed by atoms with Gasteiger partial charge in [0.25, 0.3) is 0 Å². The zero-order chi connectivity index (χ0) is 23.9. The molecule has 1 atom stereocenters. The highest BCUT2D eigenvalue weighted by molar-refractivity contribution is 5.84. The number of aromatic nitrogens is 1. The number of nitrogens with one attached hydrogen (secondary N) is 2. The first-order valence-electron chi connectivity index (χ1n) is 11.5. The Kier molecular flexibility index (Phi) is 7.50. The van der Waals surface area contributed by atoms with Gasteiger partial charge in [-0.1, -0.05) is 48.5 Å². The molecule has 4 rings (SSSR count). The lowest BCUT2D eigenvalue weighted by Gasteiger charge is -2.17. The predicted molar refractivity (Wildman–Crippen MR) is 133 cm³/mol. The molecule has 0 fully saturated rings. The molecule has 0 spiro atoms. The van der Waals surface area contributed by atoms with Gasteiger partial charge in [-0.05, 0) is 54.3 Å². The maximum absolute atomic E-state index is 11.9. The van der Waals surface area contributed by atoms with E-state index >= 15 is 0 Å². The van der Waals surface area contributed by atoms with Crippen LogP contribution in [0.2, 0.25) is 0 Å². The van der Waals surface area contributed by atoms with E-state index < -0.39 is 12.0 Å². The number of carboxylic acids is 1. The summed E-state index contributed by atoms with van der Waals surface area (Å²) in [6.07, 6.45) is 2.27. The minimum atomic E-state index is -0.881. The van der Waals surface area contributed by atoms with Gasteiger partial charge in [-0.25, -0.2) is 0 Å². The van der Waals surface area contributed by atoms with Gasteiger partial charge in [0.1, 0.15) is 12.6 Å². The lowest BCUT2D eigenvalue weighted by atomic mass is 10.0. The van der Waals surface area contributed by atoms with E-state index in [-0.39, 0.29) is 0 Å². The summed E-state index contributed by atoms with van der Waals surface area (Å²) in [5, 5.41) is 14.0. The van der Waals surface area contributed by atoms with E-state index in [0.29, 0.717) is 37.7 Å². The normalized spacial score (nSPS) is 11.9. The third-order valence-electron chi connectivity index (χ3n) is 5.90. The first-order valence-corrected chi connectivity index (χ1v) is 11.5. The average molecular weight is 459 g/mol. The summed E-state index contributed by atoms with van der Waals surface area (Å²) in [7, 11) is 0. The Morgan fingerprint density at radius 3 is 2.59 bits per heavy atom. The summed E-state index contributed by atoms with van der Waals surface area (Å²) < 4.78 is 11.9. The predicted octanol–water partition coefficient (Wildman–Crippen LogP) is 5.24. The molecule has 3 aromatic carbocycles. The molecule has 3 N–H and O–H groups in total. The quantitative estimate of drug-likeness (QED) is 0.286. The van der Waals surface area contributed by atoms with Crippen LogP contribution in [0.3, 0.4) is 0 Å². The summed E-state index contributed by atoms with van der Waals surface area (Å²) >= 11 is 0. The van der Waals surface area contributed by atoms with Crippen LogP contribution < -0.4 is 14.8 Å². The van der Waals surface area contributed by atoms with Crippen LogP contribution in [0, 0.1) is 6.92 Å². The topological polar surface area (TPSA) is 83.6 Å². The van der Waals surface area contributed by atoms with Gasteiger partial charge in [-0.2, -0.15) is 0 Å². The van der Waals surface area contributed by atoms with E-state index in [9.17, 15) is 9.90 Å². The third kappa shape index (κ3) is 5.58. The van der Waals surface area contributed by atoms with Crippen molar-refractivity contribution < 1.29 is 19.4 Å². The summed E-state index contributed by atoms with van der Waals surface area (Å²) in [5.41, 5.74) is 5.21. The molecule has 0 aliphatic rings. The second-order valence-corrected chi connectivity index (χ2v) is 8.26. The van der Waals surface area contributed by atoms with Crippen LogP contribution in [0.5, 0.6) is 11.5 Å². The summed E-state index contributed by atoms with van der Waals surface area (Å²) in [6.45, 7) is 5.35. The van der Waals surface area contributed by atoms with E-state index in [0.717, 1.165) is 27.6 Å². The Labute approximate surface area is 199 Å². The summed E-state index contributed by atoms with van der Waals surface area (Å²) in [5.74, 6) is 0.440. The lowest BCUT2D eigenvalue weighted by Crippen LogP contribution is -2.38. The fraction of sp³-hybridized carbons (Fsp3) is 0.250. The highest BCUT2D eigenvalue weighted by Crippen LogP contribution is 2.30. The molecular formula is C28H30N2O4. The maximum Gasteiger partial charge on any atom is 0.321 e. The first-order chi connectivity index (χ1) is 16.5. The molecule has 176 valence electrons. The fourth-order valence-corrected chi connectivity index (χ4v) is 3.99. The molecule has 0 bridgehead atoms. The third-order valence-corrected chi connectivity index (χ3v) is 5.90. The van der Waals surface area contributed by atoms with Crippen LogP contribution in [0.25, 0.3) is 10.9 Å². The van der Waals surface area contributed by atoms with Gasteiger partial charge >= 0.3 is 5.97 Å². The summed E-state index contributed by atoms with van der Waals surface area (Å²) in [4.78, 5) is 15.1. The Bertz CT molecular complexity index is 1260. The molecule has 0 aliphatic heterocycles. The molecule has 6 heteroatoms. The van der Waals surface area contributed by atoms with Gasteiger partial charge in [0.05, 0.1) is 6.61 Å². The van der Waals surface area contributed by atoms with Crippen LogP contribution >= 0.6 is 0 Å². The van der Waals surface area contributed by atoms with Crippen molar-refractivity contribution in [3.05, 3.63) is 95.2 Å². The molecule has 0 aliphatic carbocycles. The standard InChI is InChI=1S/C28H30N2O4/c1-3-33-27-14-20(12-13-26(27)34-18-21-9-5-4-8-19(21)2)16-29-25(28(31)32)15-22-17-30-24-11-7-6-10-23(22)24/h4-14,17,25,29-30H,3,15-16,18H2,1-2H3,(H,31,32)/t25-/m1/s1. The average Bonchev–Trinajstić information content (AvgIpc) is 3.25. The molecule has 0 unspecified atom stereocenters. The minimum Gasteiger partial charge on any atom is -0.490 e. The van der Waals surface area contributed by atoms with E-state index in [1.54, 1.807) is 0 Å².